The van der Waals surface area contributed by atoms with E-state index in [2.05, 4.69) is 17.0 Å². The SMILES string of the molecule is COc1ccc([C@@H]2[C@H]3CCCN3[C@]3(c4ccccc4-c4nc5ccccc5nc43)C23C(=O)c2ccccc2C3=O)cc1. The second-order valence-electron chi connectivity index (χ2n) is 11.8. The lowest BCUT2D eigenvalue weighted by Crippen LogP contribution is -2.57. The number of para-hydroxylation sites is 2. The fourth-order valence-electron chi connectivity index (χ4n) is 8.86. The standard InChI is InChI=1S/C36H27N3O3/c1-42-22-18-16-21(17-19-22)30-29-15-8-20-39(29)36(35(30)33(40)23-9-2-3-10-24(23)34(35)41)26-12-5-4-11-25(26)31-32(36)38-28-14-7-6-13-27(28)37-31/h2-7,9-14,16-19,29-30H,8,15,20H2,1H3/t29-,30-,36+/m1/s1. The summed E-state index contributed by atoms with van der Waals surface area (Å²) in [6.45, 7) is 0.762. The van der Waals surface area contributed by atoms with Crippen molar-refractivity contribution in [3.05, 3.63) is 125 Å². The zero-order valence-electron chi connectivity index (χ0n) is 23.1. The van der Waals surface area contributed by atoms with Crippen molar-refractivity contribution in [2.45, 2.75) is 30.3 Å². The number of hydrogen-bond donors (Lipinski definition) is 0. The number of hydrogen-bond acceptors (Lipinski definition) is 6. The third-order valence-corrected chi connectivity index (χ3v) is 10.2. The molecule has 3 heterocycles. The van der Waals surface area contributed by atoms with E-state index in [0.717, 1.165) is 64.2 Å². The molecule has 0 bridgehead atoms. The maximum atomic E-state index is 15.3. The van der Waals surface area contributed by atoms with Gasteiger partial charge in [-0.2, -0.15) is 0 Å². The van der Waals surface area contributed by atoms with E-state index in [1.807, 2.05) is 84.9 Å². The molecule has 9 rings (SSSR count). The third-order valence-electron chi connectivity index (χ3n) is 10.2. The first-order valence-electron chi connectivity index (χ1n) is 14.6. The van der Waals surface area contributed by atoms with E-state index in [1.165, 1.54) is 0 Å². The van der Waals surface area contributed by atoms with Gasteiger partial charge < -0.3 is 4.74 Å². The number of carbonyl (C=O) groups excluding carboxylic acids is 2. The van der Waals surface area contributed by atoms with Gasteiger partial charge in [0.15, 0.2) is 11.6 Å². The van der Waals surface area contributed by atoms with Crippen LogP contribution in [0.2, 0.25) is 0 Å². The Balaban J connectivity index is 1.46. The summed E-state index contributed by atoms with van der Waals surface area (Å²) in [6.07, 6.45) is 1.86. The number of nitrogens with zero attached hydrogens (tertiary/aromatic N) is 3. The molecular formula is C36H27N3O3. The van der Waals surface area contributed by atoms with Crippen molar-refractivity contribution in [3.8, 4) is 17.0 Å². The Hall–Kier alpha value is -4.68. The predicted octanol–water partition coefficient (Wildman–Crippen LogP) is 6.19. The largest absolute Gasteiger partial charge is 0.497 e. The Kier molecular flexibility index (Phi) is 4.68. The Bertz CT molecular complexity index is 1950. The van der Waals surface area contributed by atoms with Gasteiger partial charge in [-0.3, -0.25) is 14.5 Å². The summed E-state index contributed by atoms with van der Waals surface area (Å²) in [5.41, 5.74) is 4.37. The molecule has 4 aliphatic rings. The van der Waals surface area contributed by atoms with Gasteiger partial charge in [0.05, 0.1) is 29.5 Å². The first-order valence-corrected chi connectivity index (χ1v) is 14.6. The fourth-order valence-corrected chi connectivity index (χ4v) is 8.86. The van der Waals surface area contributed by atoms with E-state index in [1.54, 1.807) is 7.11 Å². The van der Waals surface area contributed by atoms with Crippen LogP contribution in [-0.4, -0.2) is 46.1 Å². The van der Waals surface area contributed by atoms with Gasteiger partial charge in [-0.1, -0.05) is 72.8 Å². The molecule has 204 valence electrons. The maximum absolute atomic E-state index is 15.3. The van der Waals surface area contributed by atoms with E-state index in [0.29, 0.717) is 11.1 Å². The lowest BCUT2D eigenvalue weighted by Gasteiger charge is -2.45. The van der Waals surface area contributed by atoms with Crippen molar-refractivity contribution in [3.63, 3.8) is 0 Å². The molecule has 2 fully saturated rings. The Labute approximate surface area is 243 Å². The van der Waals surface area contributed by atoms with Crippen LogP contribution in [0, 0.1) is 5.41 Å². The highest BCUT2D eigenvalue weighted by Crippen LogP contribution is 2.73. The summed E-state index contributed by atoms with van der Waals surface area (Å²) in [5, 5.41) is 0. The molecule has 2 aliphatic carbocycles. The van der Waals surface area contributed by atoms with Crippen LogP contribution in [0.25, 0.3) is 22.3 Å². The molecule has 0 N–H and O–H groups in total. The molecule has 0 unspecified atom stereocenters. The summed E-state index contributed by atoms with van der Waals surface area (Å²) in [5.74, 6) is 0.127. The van der Waals surface area contributed by atoms with E-state index in [-0.39, 0.29) is 23.5 Å². The van der Waals surface area contributed by atoms with Crippen molar-refractivity contribution in [2.75, 3.05) is 13.7 Å². The maximum Gasteiger partial charge on any atom is 0.180 e. The van der Waals surface area contributed by atoms with Gasteiger partial charge in [0.2, 0.25) is 0 Å². The first kappa shape index (κ1) is 24.0. The summed E-state index contributed by atoms with van der Waals surface area (Å²) < 4.78 is 5.49. The summed E-state index contributed by atoms with van der Waals surface area (Å²) >= 11 is 0. The van der Waals surface area contributed by atoms with Crippen LogP contribution < -0.4 is 4.74 Å². The van der Waals surface area contributed by atoms with Gasteiger partial charge in [-0.05, 0) is 54.8 Å². The molecule has 0 radical (unpaired) electrons. The molecule has 2 saturated heterocycles. The zero-order chi connectivity index (χ0) is 28.2. The predicted molar refractivity (Wildman–Crippen MR) is 159 cm³/mol. The third kappa shape index (κ3) is 2.57. The number of aromatic nitrogens is 2. The zero-order valence-corrected chi connectivity index (χ0v) is 23.1. The number of methoxy groups -OCH3 is 1. The fraction of sp³-hybridized carbons (Fsp3) is 0.222. The normalized spacial score (nSPS) is 24.8. The number of ether oxygens (including phenoxy) is 1. The van der Waals surface area contributed by atoms with Crippen molar-refractivity contribution in [1.29, 1.82) is 0 Å². The van der Waals surface area contributed by atoms with Gasteiger partial charge >= 0.3 is 0 Å². The highest BCUT2D eigenvalue weighted by molar-refractivity contribution is 6.32. The van der Waals surface area contributed by atoms with Gasteiger partial charge in [0.25, 0.3) is 0 Å². The van der Waals surface area contributed by atoms with Gasteiger partial charge in [0.1, 0.15) is 16.7 Å². The molecule has 0 saturated carbocycles. The number of benzene rings is 4. The number of rotatable bonds is 2. The van der Waals surface area contributed by atoms with Crippen LogP contribution in [-0.2, 0) is 5.54 Å². The van der Waals surface area contributed by atoms with Crippen molar-refractivity contribution in [1.82, 2.24) is 14.9 Å². The number of carbonyl (C=O) groups is 2. The smallest absolute Gasteiger partial charge is 0.180 e. The highest BCUT2D eigenvalue weighted by Gasteiger charge is 2.80. The van der Waals surface area contributed by atoms with Crippen LogP contribution in [0.1, 0.15) is 56.3 Å². The van der Waals surface area contributed by atoms with Crippen LogP contribution in [0.3, 0.4) is 0 Å². The number of ketones is 2. The Morgan fingerprint density at radius 3 is 2.07 bits per heavy atom. The topological polar surface area (TPSA) is 72.4 Å². The lowest BCUT2D eigenvalue weighted by atomic mass is 9.56. The van der Waals surface area contributed by atoms with Crippen LogP contribution >= 0.6 is 0 Å². The number of Topliss-reactive ketones (excluding diaryl/α,β-unsaturated/α-hetero) is 2. The van der Waals surface area contributed by atoms with Crippen LogP contribution in [0.15, 0.2) is 97.1 Å². The molecule has 2 aliphatic heterocycles. The average Bonchev–Trinajstić information content (AvgIpc) is 3.75. The van der Waals surface area contributed by atoms with E-state index in [9.17, 15) is 0 Å². The molecule has 0 amide bonds. The van der Waals surface area contributed by atoms with Gasteiger partial charge in [-0.15, -0.1) is 0 Å². The highest BCUT2D eigenvalue weighted by atomic mass is 16.5. The molecule has 2 spiro atoms. The van der Waals surface area contributed by atoms with E-state index >= 15 is 9.59 Å². The average molecular weight is 550 g/mol. The summed E-state index contributed by atoms with van der Waals surface area (Å²) in [6, 6.07) is 31.3. The monoisotopic (exact) mass is 549 g/mol. The quantitative estimate of drug-likeness (QED) is 0.245. The Morgan fingerprint density at radius 1 is 0.762 bits per heavy atom. The van der Waals surface area contributed by atoms with Crippen molar-refractivity contribution in [2.24, 2.45) is 5.41 Å². The molecule has 3 atom stereocenters. The van der Waals surface area contributed by atoms with Crippen LogP contribution in [0.4, 0.5) is 0 Å². The molecule has 1 aromatic heterocycles. The minimum atomic E-state index is -1.45. The lowest BCUT2D eigenvalue weighted by molar-refractivity contribution is 0.0428. The van der Waals surface area contributed by atoms with E-state index in [4.69, 9.17) is 14.7 Å². The second kappa shape index (κ2) is 8.20. The summed E-state index contributed by atoms with van der Waals surface area (Å²) in [7, 11) is 1.65. The molecule has 4 aromatic carbocycles. The second-order valence-corrected chi connectivity index (χ2v) is 11.8. The molecule has 42 heavy (non-hydrogen) atoms. The number of fused-ring (bicyclic) bond motifs is 10. The molecule has 6 nitrogen and oxygen atoms in total. The minimum absolute atomic E-state index is 0.0344. The van der Waals surface area contributed by atoms with Gasteiger partial charge in [-0.25, -0.2) is 9.97 Å². The molecule has 5 aromatic rings. The molecule has 6 heteroatoms. The van der Waals surface area contributed by atoms with Crippen molar-refractivity contribution < 1.29 is 14.3 Å². The van der Waals surface area contributed by atoms with Crippen molar-refractivity contribution >= 4 is 22.6 Å². The Morgan fingerprint density at radius 2 is 1.38 bits per heavy atom. The van der Waals surface area contributed by atoms with E-state index < -0.39 is 11.0 Å². The molecular weight excluding hydrogens is 522 g/mol. The van der Waals surface area contributed by atoms with Crippen LogP contribution in [0.5, 0.6) is 5.75 Å². The summed E-state index contributed by atoms with van der Waals surface area (Å²) in [4.78, 5) is 43.6. The van der Waals surface area contributed by atoms with Gasteiger partial charge in [0, 0.05) is 28.7 Å². The minimum Gasteiger partial charge on any atom is -0.497 e. The first-order chi connectivity index (χ1) is 20.6.